The van der Waals surface area contributed by atoms with Crippen LogP contribution in [0.15, 0.2) is 36.5 Å². The average Bonchev–Trinajstić information content (AvgIpc) is 3.60. The first-order valence-corrected chi connectivity index (χ1v) is 14.4. The molecule has 0 bridgehead atoms. The van der Waals surface area contributed by atoms with E-state index in [1.807, 2.05) is 50.1 Å². The lowest BCUT2D eigenvalue weighted by molar-refractivity contribution is -0.159. The van der Waals surface area contributed by atoms with Crippen molar-refractivity contribution >= 4 is 11.7 Å². The number of likely N-dealkylation sites (tertiary alicyclic amines) is 1. The second kappa shape index (κ2) is 10.2. The highest BCUT2D eigenvalue weighted by Crippen LogP contribution is 2.47. The van der Waals surface area contributed by atoms with Crippen LogP contribution in [0.2, 0.25) is 0 Å². The number of anilines is 1. The molecule has 4 fully saturated rings. The SMILES string of the molecule is COc1ccc([C@@H]2CN(C(=O)[C@@H]3COC(C)(C)O3)C[C@@]2(C)[C@@H](C)O)cc1OC1CN(c2ccc(C3CC3)cn2)C1. The number of carbonyl (C=O) groups is 1. The third kappa shape index (κ3) is 5.15. The van der Waals surface area contributed by atoms with E-state index >= 15 is 0 Å². The van der Waals surface area contributed by atoms with Crippen LogP contribution in [0, 0.1) is 5.41 Å². The van der Waals surface area contributed by atoms with Crippen LogP contribution in [0.4, 0.5) is 5.82 Å². The zero-order chi connectivity index (χ0) is 28.2. The number of aromatic nitrogens is 1. The molecule has 4 aliphatic rings. The number of methoxy groups -OCH3 is 1. The van der Waals surface area contributed by atoms with Crippen LogP contribution in [-0.4, -0.2) is 84.9 Å². The first kappa shape index (κ1) is 27.3. The van der Waals surface area contributed by atoms with Crippen LogP contribution in [0.5, 0.6) is 11.5 Å². The predicted molar refractivity (Wildman–Crippen MR) is 150 cm³/mol. The molecule has 3 saturated heterocycles. The molecule has 6 rings (SSSR count). The Kier molecular flexibility index (Phi) is 6.95. The maximum Gasteiger partial charge on any atom is 0.254 e. The van der Waals surface area contributed by atoms with Crippen molar-refractivity contribution in [3.8, 4) is 11.5 Å². The molecule has 40 heavy (non-hydrogen) atoms. The van der Waals surface area contributed by atoms with Gasteiger partial charge in [-0.05, 0) is 68.9 Å². The molecular weight excluding hydrogens is 510 g/mol. The minimum Gasteiger partial charge on any atom is -0.493 e. The van der Waals surface area contributed by atoms with Crippen molar-refractivity contribution < 1.29 is 28.8 Å². The van der Waals surface area contributed by atoms with Gasteiger partial charge in [-0.1, -0.05) is 19.1 Å². The van der Waals surface area contributed by atoms with Gasteiger partial charge < -0.3 is 33.9 Å². The van der Waals surface area contributed by atoms with Crippen LogP contribution < -0.4 is 14.4 Å². The van der Waals surface area contributed by atoms with Gasteiger partial charge in [-0.25, -0.2) is 4.98 Å². The first-order valence-electron chi connectivity index (χ1n) is 14.4. The van der Waals surface area contributed by atoms with E-state index in [4.69, 9.17) is 18.9 Å². The molecule has 3 aliphatic heterocycles. The summed E-state index contributed by atoms with van der Waals surface area (Å²) in [4.78, 5) is 22.1. The number of amides is 1. The van der Waals surface area contributed by atoms with E-state index < -0.39 is 23.4 Å². The summed E-state index contributed by atoms with van der Waals surface area (Å²) in [6, 6.07) is 10.3. The average molecular weight is 552 g/mol. The normalized spacial score (nSPS) is 28.9. The molecule has 1 amide bonds. The lowest BCUT2D eigenvalue weighted by Gasteiger charge is -2.40. The maximum atomic E-state index is 13.4. The monoisotopic (exact) mass is 551 g/mol. The van der Waals surface area contributed by atoms with Crippen LogP contribution in [0.25, 0.3) is 0 Å². The van der Waals surface area contributed by atoms with Gasteiger partial charge in [0.25, 0.3) is 5.91 Å². The highest BCUT2D eigenvalue weighted by molar-refractivity contribution is 5.82. The number of hydrogen-bond donors (Lipinski definition) is 1. The molecule has 1 saturated carbocycles. The summed E-state index contributed by atoms with van der Waals surface area (Å²) in [5.74, 6) is 2.05. The highest BCUT2D eigenvalue weighted by atomic mass is 16.7. The van der Waals surface area contributed by atoms with Crippen molar-refractivity contribution in [2.45, 2.75) is 76.5 Å². The van der Waals surface area contributed by atoms with E-state index in [9.17, 15) is 9.90 Å². The van der Waals surface area contributed by atoms with Gasteiger partial charge in [-0.2, -0.15) is 0 Å². The Hall–Kier alpha value is -2.88. The molecule has 9 nitrogen and oxygen atoms in total. The van der Waals surface area contributed by atoms with Crippen molar-refractivity contribution in [3.63, 3.8) is 0 Å². The zero-order valence-electron chi connectivity index (χ0n) is 24.1. The summed E-state index contributed by atoms with van der Waals surface area (Å²) in [7, 11) is 1.64. The van der Waals surface area contributed by atoms with E-state index in [1.165, 1.54) is 18.4 Å². The number of carbonyl (C=O) groups excluding carboxylic acids is 1. The third-order valence-corrected chi connectivity index (χ3v) is 9.16. The van der Waals surface area contributed by atoms with Crippen molar-refractivity contribution in [1.82, 2.24) is 9.88 Å². The van der Waals surface area contributed by atoms with E-state index in [-0.39, 0.29) is 24.5 Å². The summed E-state index contributed by atoms with van der Waals surface area (Å²) in [6.45, 7) is 10.1. The summed E-state index contributed by atoms with van der Waals surface area (Å²) >= 11 is 0. The molecule has 1 aromatic carbocycles. The minimum absolute atomic E-state index is 0.0155. The van der Waals surface area contributed by atoms with Gasteiger partial charge in [-0.3, -0.25) is 4.79 Å². The van der Waals surface area contributed by atoms with Crippen molar-refractivity contribution in [2.24, 2.45) is 5.41 Å². The molecular formula is C31H41N3O6. The fraction of sp³-hybridized carbons (Fsp3) is 0.613. The number of rotatable bonds is 8. The zero-order valence-corrected chi connectivity index (χ0v) is 24.1. The number of nitrogens with zero attached hydrogens (tertiary/aromatic N) is 3. The molecule has 4 atom stereocenters. The van der Waals surface area contributed by atoms with Crippen molar-refractivity contribution in [2.75, 3.05) is 44.8 Å². The van der Waals surface area contributed by atoms with Gasteiger partial charge in [0.2, 0.25) is 0 Å². The van der Waals surface area contributed by atoms with E-state index in [0.717, 1.165) is 24.5 Å². The Morgan fingerprint density at radius 3 is 2.45 bits per heavy atom. The first-order chi connectivity index (χ1) is 19.1. The predicted octanol–water partition coefficient (Wildman–Crippen LogP) is 3.70. The fourth-order valence-electron chi connectivity index (χ4n) is 6.23. The van der Waals surface area contributed by atoms with Crippen LogP contribution in [0.1, 0.15) is 63.5 Å². The molecule has 0 spiro atoms. The fourth-order valence-corrected chi connectivity index (χ4v) is 6.23. The third-order valence-electron chi connectivity index (χ3n) is 9.16. The Morgan fingerprint density at radius 2 is 1.85 bits per heavy atom. The molecule has 216 valence electrons. The number of hydrogen-bond acceptors (Lipinski definition) is 8. The Balaban J connectivity index is 1.15. The maximum absolute atomic E-state index is 13.4. The number of aliphatic hydroxyl groups is 1. The summed E-state index contributed by atoms with van der Waals surface area (Å²) in [5.41, 5.74) is 1.80. The summed E-state index contributed by atoms with van der Waals surface area (Å²) in [5, 5.41) is 10.9. The molecule has 1 aliphatic carbocycles. The number of pyridine rings is 1. The largest absolute Gasteiger partial charge is 0.493 e. The van der Waals surface area contributed by atoms with Crippen LogP contribution in [-0.2, 0) is 14.3 Å². The Morgan fingerprint density at radius 1 is 1.10 bits per heavy atom. The Bertz CT molecular complexity index is 1240. The summed E-state index contributed by atoms with van der Waals surface area (Å²) in [6.07, 6.45) is 3.31. The van der Waals surface area contributed by atoms with Crippen molar-refractivity contribution in [3.05, 3.63) is 47.7 Å². The minimum atomic E-state index is -0.775. The quantitative estimate of drug-likeness (QED) is 0.531. The standard InChI is InChI=1S/C31H41N3O6/c1-19(35)31(4)18-34(29(36)27-17-38-30(2,3)40-27)16-24(31)21-8-10-25(37-5)26(12-21)39-23-14-33(15-23)28-11-9-22(13-32-28)20-6-7-20/h8-13,19-20,23-24,27,35H,6-7,14-18H2,1-5H3/t19-,24+,27+,31+/m1/s1. The van der Waals surface area contributed by atoms with Gasteiger partial charge in [0.15, 0.2) is 23.4 Å². The number of benzene rings is 1. The smallest absolute Gasteiger partial charge is 0.254 e. The molecule has 1 aromatic heterocycles. The van der Waals surface area contributed by atoms with E-state index in [0.29, 0.717) is 30.5 Å². The van der Waals surface area contributed by atoms with Gasteiger partial charge in [0.1, 0.15) is 11.9 Å². The topological polar surface area (TPSA) is 93.6 Å². The molecule has 1 N–H and O–H groups in total. The van der Waals surface area contributed by atoms with Crippen LogP contribution in [0.3, 0.4) is 0 Å². The molecule has 4 heterocycles. The molecule has 0 unspecified atom stereocenters. The van der Waals surface area contributed by atoms with Gasteiger partial charge >= 0.3 is 0 Å². The number of ether oxygens (including phenoxy) is 4. The van der Waals surface area contributed by atoms with Crippen molar-refractivity contribution in [1.29, 1.82) is 0 Å². The lowest BCUT2D eigenvalue weighted by atomic mass is 9.72. The van der Waals surface area contributed by atoms with Gasteiger partial charge in [-0.15, -0.1) is 0 Å². The second-order valence-electron chi connectivity index (χ2n) is 12.5. The van der Waals surface area contributed by atoms with E-state index in [2.05, 4.69) is 22.0 Å². The Labute approximate surface area is 236 Å². The number of aliphatic hydroxyl groups excluding tert-OH is 1. The van der Waals surface area contributed by atoms with E-state index in [1.54, 1.807) is 14.0 Å². The highest BCUT2D eigenvalue weighted by Gasteiger charge is 2.50. The lowest BCUT2D eigenvalue weighted by Crippen LogP contribution is -2.54. The van der Waals surface area contributed by atoms with Gasteiger partial charge in [0, 0.05) is 30.6 Å². The molecule has 0 radical (unpaired) electrons. The molecule has 9 heteroatoms. The second-order valence-corrected chi connectivity index (χ2v) is 12.5. The molecule has 2 aromatic rings. The van der Waals surface area contributed by atoms with Gasteiger partial charge in [0.05, 0.1) is 32.9 Å². The van der Waals surface area contributed by atoms with Crippen LogP contribution >= 0.6 is 0 Å². The summed E-state index contributed by atoms with van der Waals surface area (Å²) < 4.78 is 23.5.